The molecule has 2 aromatic carbocycles. The summed E-state index contributed by atoms with van der Waals surface area (Å²) in [6.07, 6.45) is 5.21. The van der Waals surface area contributed by atoms with Crippen molar-refractivity contribution in [1.82, 2.24) is 9.97 Å². The number of aromatic nitrogens is 2. The summed E-state index contributed by atoms with van der Waals surface area (Å²) in [5, 5.41) is 5.47. The molecule has 0 aliphatic rings. The highest BCUT2D eigenvalue weighted by Crippen LogP contribution is 2.31. The number of rotatable bonds is 6. The summed E-state index contributed by atoms with van der Waals surface area (Å²) in [6, 6.07) is 16.4. The van der Waals surface area contributed by atoms with Gasteiger partial charge in [-0.05, 0) is 73.2 Å². The Labute approximate surface area is 194 Å². The standard InChI is InChI=1S/C25H22BrN3OS/c1-16-13-19(4-3-18-5-7-21(26)8-6-18)14-17(2)23(16)22-15-31-25(28-22)29-24(30)20-9-11-27-12-10-20/h5-15H,3-4H2,1-2H3,(H,28,29,30). The van der Waals surface area contributed by atoms with E-state index in [1.165, 1.54) is 33.6 Å². The first-order valence-electron chi connectivity index (χ1n) is 10.0. The molecule has 4 rings (SSSR count). The minimum atomic E-state index is -0.181. The SMILES string of the molecule is Cc1cc(CCc2ccc(Br)cc2)cc(C)c1-c1csc(NC(=O)c2ccncc2)n1. The molecule has 6 heteroatoms. The maximum atomic E-state index is 12.4. The van der Waals surface area contributed by atoms with Gasteiger partial charge < -0.3 is 0 Å². The van der Waals surface area contributed by atoms with Crippen molar-refractivity contribution in [1.29, 1.82) is 0 Å². The first-order chi connectivity index (χ1) is 15.0. The maximum absolute atomic E-state index is 12.4. The van der Waals surface area contributed by atoms with Gasteiger partial charge in [0, 0.05) is 33.4 Å². The third-order valence-electron chi connectivity index (χ3n) is 5.13. The Balaban J connectivity index is 1.48. The fraction of sp³-hybridized carbons (Fsp3) is 0.160. The van der Waals surface area contributed by atoms with E-state index in [0.717, 1.165) is 28.6 Å². The lowest BCUT2D eigenvalue weighted by Gasteiger charge is -2.11. The predicted molar refractivity (Wildman–Crippen MR) is 131 cm³/mol. The van der Waals surface area contributed by atoms with Crippen LogP contribution in [-0.4, -0.2) is 15.9 Å². The van der Waals surface area contributed by atoms with Crippen molar-refractivity contribution in [2.75, 3.05) is 5.32 Å². The Morgan fingerprint density at radius 2 is 1.61 bits per heavy atom. The number of amides is 1. The molecule has 0 saturated carbocycles. The number of pyridine rings is 1. The Hall–Kier alpha value is -2.83. The monoisotopic (exact) mass is 491 g/mol. The van der Waals surface area contributed by atoms with Crippen molar-refractivity contribution in [2.45, 2.75) is 26.7 Å². The van der Waals surface area contributed by atoms with Crippen molar-refractivity contribution in [3.05, 3.63) is 98.6 Å². The number of carbonyl (C=O) groups is 1. The minimum Gasteiger partial charge on any atom is -0.298 e. The van der Waals surface area contributed by atoms with Crippen molar-refractivity contribution in [3.8, 4) is 11.3 Å². The average molecular weight is 492 g/mol. The third kappa shape index (κ3) is 5.27. The zero-order valence-corrected chi connectivity index (χ0v) is 19.8. The maximum Gasteiger partial charge on any atom is 0.257 e. The molecule has 0 radical (unpaired) electrons. The van der Waals surface area contributed by atoms with Crippen LogP contribution in [0.1, 0.15) is 32.6 Å². The van der Waals surface area contributed by atoms with E-state index in [1.54, 1.807) is 24.5 Å². The van der Waals surface area contributed by atoms with E-state index in [1.807, 2.05) is 5.38 Å². The van der Waals surface area contributed by atoms with Gasteiger partial charge in [-0.3, -0.25) is 15.1 Å². The van der Waals surface area contributed by atoms with Gasteiger partial charge in [0.2, 0.25) is 0 Å². The van der Waals surface area contributed by atoms with E-state index < -0.39 is 0 Å². The van der Waals surface area contributed by atoms with Crippen molar-refractivity contribution >= 4 is 38.3 Å². The van der Waals surface area contributed by atoms with Gasteiger partial charge in [0.05, 0.1) is 5.69 Å². The zero-order chi connectivity index (χ0) is 21.8. The van der Waals surface area contributed by atoms with Gasteiger partial charge in [-0.25, -0.2) is 4.98 Å². The van der Waals surface area contributed by atoms with Crippen LogP contribution in [0.2, 0.25) is 0 Å². The summed E-state index contributed by atoms with van der Waals surface area (Å²) in [5.74, 6) is -0.181. The van der Waals surface area contributed by atoms with Crippen LogP contribution in [0.3, 0.4) is 0 Å². The molecule has 0 fully saturated rings. The summed E-state index contributed by atoms with van der Waals surface area (Å²) >= 11 is 4.92. The molecule has 1 amide bonds. The van der Waals surface area contributed by atoms with Gasteiger partial charge in [-0.2, -0.15) is 0 Å². The van der Waals surface area contributed by atoms with E-state index in [0.29, 0.717) is 10.7 Å². The minimum absolute atomic E-state index is 0.181. The van der Waals surface area contributed by atoms with Crippen LogP contribution >= 0.6 is 27.3 Å². The zero-order valence-electron chi connectivity index (χ0n) is 17.4. The largest absolute Gasteiger partial charge is 0.298 e. The topological polar surface area (TPSA) is 54.9 Å². The van der Waals surface area contributed by atoms with Gasteiger partial charge >= 0.3 is 0 Å². The average Bonchev–Trinajstić information content (AvgIpc) is 3.21. The molecule has 2 heterocycles. The first-order valence-corrected chi connectivity index (χ1v) is 11.7. The van der Waals surface area contributed by atoms with Crippen LogP contribution < -0.4 is 5.32 Å². The lowest BCUT2D eigenvalue weighted by molar-refractivity contribution is 0.102. The summed E-state index contributed by atoms with van der Waals surface area (Å²) in [6.45, 7) is 4.25. The van der Waals surface area contributed by atoms with Gasteiger partial charge in [0.1, 0.15) is 0 Å². The summed E-state index contributed by atoms with van der Waals surface area (Å²) in [5.41, 5.74) is 7.64. The van der Waals surface area contributed by atoms with Gasteiger partial charge in [-0.15, -0.1) is 11.3 Å². The fourth-order valence-corrected chi connectivity index (χ4v) is 4.62. The Kier molecular flexibility index (Phi) is 6.59. The van der Waals surface area contributed by atoms with E-state index in [4.69, 9.17) is 0 Å². The van der Waals surface area contributed by atoms with Crippen molar-refractivity contribution in [2.24, 2.45) is 0 Å². The number of carbonyl (C=O) groups excluding carboxylic acids is 1. The smallest absolute Gasteiger partial charge is 0.257 e. The molecule has 0 saturated heterocycles. The second kappa shape index (κ2) is 9.54. The highest BCUT2D eigenvalue weighted by Gasteiger charge is 2.14. The second-order valence-electron chi connectivity index (χ2n) is 7.46. The lowest BCUT2D eigenvalue weighted by atomic mass is 9.94. The number of anilines is 1. The molecule has 0 unspecified atom stereocenters. The summed E-state index contributed by atoms with van der Waals surface area (Å²) < 4.78 is 1.10. The number of hydrogen-bond donors (Lipinski definition) is 1. The normalized spacial score (nSPS) is 10.8. The molecule has 31 heavy (non-hydrogen) atoms. The van der Waals surface area contributed by atoms with Gasteiger partial charge in [0.15, 0.2) is 5.13 Å². The molecular weight excluding hydrogens is 470 g/mol. The number of nitrogens with zero attached hydrogens (tertiary/aromatic N) is 2. The van der Waals surface area contributed by atoms with Gasteiger partial charge in [-0.1, -0.05) is 40.2 Å². The third-order valence-corrected chi connectivity index (χ3v) is 6.42. The molecule has 0 spiro atoms. The summed E-state index contributed by atoms with van der Waals surface area (Å²) in [7, 11) is 0. The quantitative estimate of drug-likeness (QED) is 0.329. The van der Waals surface area contributed by atoms with Crippen LogP contribution in [0.4, 0.5) is 5.13 Å². The molecule has 4 aromatic rings. The number of thiazole rings is 1. The van der Waals surface area contributed by atoms with Crippen molar-refractivity contribution < 1.29 is 4.79 Å². The molecule has 0 bridgehead atoms. The Morgan fingerprint density at radius 3 is 2.29 bits per heavy atom. The predicted octanol–water partition coefficient (Wildman–Crippen LogP) is 6.62. The number of halogens is 1. The van der Waals surface area contributed by atoms with Crippen molar-refractivity contribution in [3.63, 3.8) is 0 Å². The number of benzene rings is 2. The fourth-order valence-electron chi connectivity index (χ4n) is 3.66. The van der Waals surface area contributed by atoms with Crippen LogP contribution in [0.15, 0.2) is 70.8 Å². The van der Waals surface area contributed by atoms with E-state index in [-0.39, 0.29) is 5.91 Å². The van der Waals surface area contributed by atoms with E-state index in [2.05, 4.69) is 81.5 Å². The molecule has 4 nitrogen and oxygen atoms in total. The van der Waals surface area contributed by atoms with Crippen LogP contribution in [0.5, 0.6) is 0 Å². The summed E-state index contributed by atoms with van der Waals surface area (Å²) in [4.78, 5) is 21.0. The molecule has 1 N–H and O–H groups in total. The molecule has 2 aromatic heterocycles. The molecular formula is C25H22BrN3OS. The second-order valence-corrected chi connectivity index (χ2v) is 9.23. The number of nitrogens with one attached hydrogen (secondary N) is 1. The number of aryl methyl sites for hydroxylation is 4. The van der Waals surface area contributed by atoms with Crippen LogP contribution in [0.25, 0.3) is 11.3 Å². The number of hydrogen-bond acceptors (Lipinski definition) is 4. The first kappa shape index (κ1) is 21.4. The molecule has 0 aliphatic carbocycles. The highest BCUT2D eigenvalue weighted by atomic mass is 79.9. The van der Waals surface area contributed by atoms with Crippen LogP contribution in [-0.2, 0) is 12.8 Å². The molecule has 0 aliphatic heterocycles. The Morgan fingerprint density at radius 1 is 0.968 bits per heavy atom. The lowest BCUT2D eigenvalue weighted by Crippen LogP contribution is -2.11. The van der Waals surface area contributed by atoms with Gasteiger partial charge in [0.25, 0.3) is 5.91 Å². The van der Waals surface area contributed by atoms with E-state index in [9.17, 15) is 4.79 Å². The van der Waals surface area contributed by atoms with E-state index >= 15 is 0 Å². The molecule has 156 valence electrons. The Bertz CT molecular complexity index is 1180. The molecule has 0 atom stereocenters. The highest BCUT2D eigenvalue weighted by molar-refractivity contribution is 9.10. The van der Waals surface area contributed by atoms with Crippen LogP contribution in [0, 0.1) is 13.8 Å².